The predicted molar refractivity (Wildman–Crippen MR) is 54.9 cm³/mol. The van der Waals surface area contributed by atoms with Gasteiger partial charge in [0.15, 0.2) is 6.23 Å². The molecular weight excluding hydrogens is 202 g/mol. The minimum absolute atomic E-state index is 0.0458. The van der Waals surface area contributed by atoms with Crippen LogP contribution in [0.5, 0.6) is 5.75 Å². The third-order valence-electron chi connectivity index (χ3n) is 2.02. The molecule has 1 fully saturated rings. The molecule has 14 heavy (non-hydrogen) atoms. The van der Waals surface area contributed by atoms with Gasteiger partial charge in [0.1, 0.15) is 5.75 Å². The van der Waals surface area contributed by atoms with E-state index in [1.165, 1.54) is 0 Å². The molecule has 3 N–H and O–H groups in total. The fourth-order valence-corrected chi connectivity index (χ4v) is 1.37. The Hall–Kier alpha value is -0.810. The van der Waals surface area contributed by atoms with Crippen molar-refractivity contribution in [2.45, 2.75) is 13.2 Å². The Morgan fingerprint density at radius 1 is 1.50 bits per heavy atom. The van der Waals surface area contributed by atoms with Gasteiger partial charge in [-0.15, -0.1) is 0 Å². The van der Waals surface area contributed by atoms with Gasteiger partial charge >= 0.3 is 0 Å². The fraction of sp³-hybridized carbons (Fsp3) is 0.333. The van der Waals surface area contributed by atoms with E-state index in [0.29, 0.717) is 0 Å². The average molecular weight is 214 g/mol. The molecule has 0 aliphatic carbocycles. The normalized spacial score (nSPS) is 21.1. The molecule has 1 aromatic carbocycles. The second-order valence-electron chi connectivity index (χ2n) is 3.17. The van der Waals surface area contributed by atoms with E-state index in [1.54, 1.807) is 0 Å². The lowest BCUT2D eigenvalue weighted by Gasteiger charge is -2.12. The molecule has 1 saturated heterocycles. The number of nitrogens with one attached hydrogen (secondary N) is 3. The van der Waals surface area contributed by atoms with Crippen molar-refractivity contribution in [3.63, 3.8) is 0 Å². The Labute approximate surface area is 87.5 Å². The molecule has 0 aromatic heterocycles. The maximum absolute atomic E-state index is 5.90. The van der Waals surface area contributed by atoms with Gasteiger partial charge in [-0.05, 0) is 30.7 Å². The van der Waals surface area contributed by atoms with Crippen LogP contribution < -0.4 is 21.1 Å². The molecule has 0 amide bonds. The summed E-state index contributed by atoms with van der Waals surface area (Å²) in [5, 5.41) is 0.757. The molecule has 1 aromatic rings. The first-order valence-corrected chi connectivity index (χ1v) is 4.80. The zero-order chi connectivity index (χ0) is 9.97. The number of hydrogen-bond acceptors (Lipinski definition) is 4. The predicted octanol–water partition coefficient (Wildman–Crippen LogP) is 0.966. The summed E-state index contributed by atoms with van der Waals surface area (Å²) in [4.78, 5) is 0. The van der Waals surface area contributed by atoms with Crippen LogP contribution in [0.2, 0.25) is 5.02 Å². The summed E-state index contributed by atoms with van der Waals surface area (Å²) in [6.07, 6.45) is -0.0458. The molecule has 0 saturated carbocycles. The number of halogens is 1. The van der Waals surface area contributed by atoms with E-state index in [2.05, 4.69) is 16.4 Å². The van der Waals surface area contributed by atoms with Crippen LogP contribution in [0.25, 0.3) is 0 Å². The molecule has 5 heteroatoms. The molecule has 2 rings (SSSR count). The highest BCUT2D eigenvalue weighted by atomic mass is 35.5. The van der Waals surface area contributed by atoms with Gasteiger partial charge in [0.05, 0.1) is 6.54 Å². The first kappa shape index (κ1) is 9.73. The first-order chi connectivity index (χ1) is 6.75. The number of benzene rings is 1. The van der Waals surface area contributed by atoms with Crippen molar-refractivity contribution in [3.05, 3.63) is 28.8 Å². The summed E-state index contributed by atoms with van der Waals surface area (Å²) in [6, 6.07) is 5.61. The van der Waals surface area contributed by atoms with E-state index in [9.17, 15) is 0 Å². The molecular formula is C9H12ClN3O. The summed E-state index contributed by atoms with van der Waals surface area (Å²) < 4.78 is 5.62. The molecule has 0 radical (unpaired) electrons. The third-order valence-corrected chi connectivity index (χ3v) is 2.44. The van der Waals surface area contributed by atoms with Crippen molar-refractivity contribution in [1.29, 1.82) is 0 Å². The van der Waals surface area contributed by atoms with Gasteiger partial charge in [0.2, 0.25) is 0 Å². The number of hydrogen-bond donors (Lipinski definition) is 3. The van der Waals surface area contributed by atoms with Crippen molar-refractivity contribution in [2.75, 3.05) is 6.54 Å². The van der Waals surface area contributed by atoms with E-state index in [1.807, 2.05) is 25.1 Å². The van der Waals surface area contributed by atoms with E-state index in [4.69, 9.17) is 16.3 Å². The molecule has 0 bridgehead atoms. The number of rotatable bonds is 2. The summed E-state index contributed by atoms with van der Waals surface area (Å²) in [7, 11) is 0. The van der Waals surface area contributed by atoms with Gasteiger partial charge in [0.25, 0.3) is 0 Å². The third kappa shape index (κ3) is 2.16. The molecule has 0 spiro atoms. The van der Waals surface area contributed by atoms with E-state index in [0.717, 1.165) is 22.9 Å². The second kappa shape index (κ2) is 4.14. The smallest absolute Gasteiger partial charge is 0.177 e. The lowest BCUT2D eigenvalue weighted by molar-refractivity contribution is 0.191. The Morgan fingerprint density at radius 3 is 3.00 bits per heavy atom. The molecule has 4 nitrogen and oxygen atoms in total. The van der Waals surface area contributed by atoms with Crippen LogP contribution in [0.15, 0.2) is 18.2 Å². The van der Waals surface area contributed by atoms with Crippen molar-refractivity contribution in [1.82, 2.24) is 16.4 Å². The van der Waals surface area contributed by atoms with Gasteiger partial charge in [-0.25, -0.2) is 10.9 Å². The van der Waals surface area contributed by atoms with Gasteiger partial charge < -0.3 is 4.74 Å². The quantitative estimate of drug-likeness (QED) is 0.685. The van der Waals surface area contributed by atoms with Crippen molar-refractivity contribution in [3.8, 4) is 5.75 Å². The summed E-state index contributed by atoms with van der Waals surface area (Å²) >= 11 is 5.90. The topological polar surface area (TPSA) is 45.3 Å². The molecule has 76 valence electrons. The van der Waals surface area contributed by atoms with Crippen LogP contribution in [0.3, 0.4) is 0 Å². The van der Waals surface area contributed by atoms with Gasteiger partial charge in [-0.1, -0.05) is 11.6 Å². The van der Waals surface area contributed by atoms with Crippen molar-refractivity contribution < 1.29 is 4.74 Å². The average Bonchev–Trinajstić information content (AvgIpc) is 2.64. The van der Waals surface area contributed by atoms with Crippen LogP contribution in [-0.4, -0.2) is 12.8 Å². The Kier molecular flexibility index (Phi) is 2.88. The van der Waals surface area contributed by atoms with Crippen molar-refractivity contribution in [2.24, 2.45) is 0 Å². The van der Waals surface area contributed by atoms with Crippen LogP contribution >= 0.6 is 11.6 Å². The maximum Gasteiger partial charge on any atom is 0.177 e. The van der Waals surface area contributed by atoms with Gasteiger partial charge in [-0.3, -0.25) is 0 Å². The molecule has 1 aliphatic heterocycles. The highest BCUT2D eigenvalue weighted by Gasteiger charge is 2.14. The van der Waals surface area contributed by atoms with Crippen molar-refractivity contribution >= 4 is 11.6 Å². The highest BCUT2D eigenvalue weighted by Crippen LogP contribution is 2.21. The number of ether oxygens (including phenoxy) is 1. The number of hydrazine groups is 2. The van der Waals surface area contributed by atoms with Gasteiger partial charge in [-0.2, -0.15) is 5.53 Å². The lowest BCUT2D eigenvalue weighted by Crippen LogP contribution is -2.36. The lowest BCUT2D eigenvalue weighted by atomic mass is 10.2. The largest absolute Gasteiger partial charge is 0.473 e. The fourth-order valence-electron chi connectivity index (χ4n) is 1.25. The maximum atomic E-state index is 5.90. The standard InChI is InChI=1S/C9H12ClN3O/c1-6-4-7(2-3-8(6)10)14-9-5-11-13-12-9/h2-4,9,11-13H,5H2,1H3. The molecule has 1 aliphatic rings. The van der Waals surface area contributed by atoms with Gasteiger partial charge in [0, 0.05) is 5.02 Å². The van der Waals surface area contributed by atoms with E-state index in [-0.39, 0.29) is 6.23 Å². The Balaban J connectivity index is 2.05. The minimum atomic E-state index is -0.0458. The zero-order valence-corrected chi connectivity index (χ0v) is 8.56. The minimum Gasteiger partial charge on any atom is -0.473 e. The van der Waals surface area contributed by atoms with Crippen LogP contribution in [0.1, 0.15) is 5.56 Å². The summed E-state index contributed by atoms with van der Waals surface area (Å²) in [5.41, 5.74) is 9.61. The van der Waals surface area contributed by atoms with E-state index < -0.39 is 0 Å². The Bertz CT molecular complexity index is 326. The second-order valence-corrected chi connectivity index (χ2v) is 3.57. The zero-order valence-electron chi connectivity index (χ0n) is 7.80. The monoisotopic (exact) mass is 213 g/mol. The van der Waals surface area contributed by atoms with Crippen LogP contribution in [-0.2, 0) is 0 Å². The first-order valence-electron chi connectivity index (χ1n) is 4.42. The van der Waals surface area contributed by atoms with Crippen LogP contribution in [0.4, 0.5) is 0 Å². The Morgan fingerprint density at radius 2 is 2.36 bits per heavy atom. The van der Waals surface area contributed by atoms with E-state index >= 15 is 0 Å². The SMILES string of the molecule is Cc1cc(OC2CNNN2)ccc1Cl. The molecule has 1 heterocycles. The van der Waals surface area contributed by atoms with Crippen LogP contribution in [0, 0.1) is 6.92 Å². The highest BCUT2D eigenvalue weighted by molar-refractivity contribution is 6.31. The number of aryl methyl sites for hydroxylation is 1. The summed E-state index contributed by atoms with van der Waals surface area (Å²) in [5.74, 6) is 0.815. The molecule has 1 unspecified atom stereocenters. The molecule has 1 atom stereocenters. The summed E-state index contributed by atoms with van der Waals surface area (Å²) in [6.45, 7) is 2.68.